The molecule has 0 bridgehead atoms. The Morgan fingerprint density at radius 1 is 0.304 bits per heavy atom. The molecule has 396 valence electrons. The summed E-state index contributed by atoms with van der Waals surface area (Å²) in [5, 5.41) is 0. The monoisotopic (exact) mass is 961 g/mol. The molecule has 0 aromatic carbocycles. The minimum atomic E-state index is -0.800. The Hall–Kier alpha value is -3.41. The van der Waals surface area contributed by atoms with Crippen molar-refractivity contribution in [2.45, 2.75) is 284 Å². The van der Waals surface area contributed by atoms with Crippen molar-refractivity contribution in [3.8, 4) is 0 Å². The van der Waals surface area contributed by atoms with Gasteiger partial charge in [0.2, 0.25) is 0 Å². The molecule has 6 heteroatoms. The van der Waals surface area contributed by atoms with Crippen molar-refractivity contribution in [3.05, 3.63) is 85.1 Å². The minimum absolute atomic E-state index is 0.0933. The van der Waals surface area contributed by atoms with Gasteiger partial charge in [-0.05, 0) is 96.3 Å². The highest BCUT2D eigenvalue weighted by atomic mass is 16.6. The molecule has 0 N–H and O–H groups in total. The van der Waals surface area contributed by atoms with Gasteiger partial charge in [-0.3, -0.25) is 14.4 Å². The maximum atomic E-state index is 12.9. The molecule has 0 aromatic rings. The maximum Gasteiger partial charge on any atom is 0.306 e. The Bertz CT molecular complexity index is 1330. The SMILES string of the molecule is CC/C=C\C/C=C\C/C=C\CCCCCCCC(=O)OC[C@H](COC(=O)CCCCCCCCCCCCCCCCCCC)OC(=O)CCCCC/C=C\C/C=C\C/C=C\C/C=C\CCCCC. The lowest BCUT2D eigenvalue weighted by Gasteiger charge is -2.18. The van der Waals surface area contributed by atoms with Crippen LogP contribution in [0.5, 0.6) is 0 Å². The molecule has 0 heterocycles. The van der Waals surface area contributed by atoms with E-state index in [1.54, 1.807) is 0 Å². The topological polar surface area (TPSA) is 78.9 Å². The smallest absolute Gasteiger partial charge is 0.306 e. The van der Waals surface area contributed by atoms with E-state index in [-0.39, 0.29) is 37.5 Å². The molecule has 0 radical (unpaired) electrons. The molecule has 0 aliphatic heterocycles. The lowest BCUT2D eigenvalue weighted by atomic mass is 10.0. The predicted octanol–water partition coefficient (Wildman–Crippen LogP) is 19.5. The van der Waals surface area contributed by atoms with Crippen LogP contribution in [0.4, 0.5) is 0 Å². The summed E-state index contributed by atoms with van der Waals surface area (Å²) in [6, 6.07) is 0. The fraction of sp³-hybridized carbons (Fsp3) is 0.730. The van der Waals surface area contributed by atoms with Gasteiger partial charge < -0.3 is 14.2 Å². The molecular weight excluding hydrogens is 853 g/mol. The van der Waals surface area contributed by atoms with Gasteiger partial charge in [-0.15, -0.1) is 0 Å². The molecule has 0 saturated heterocycles. The van der Waals surface area contributed by atoms with Crippen LogP contribution in [0, 0.1) is 0 Å². The molecule has 0 spiro atoms. The van der Waals surface area contributed by atoms with E-state index in [9.17, 15) is 14.4 Å². The van der Waals surface area contributed by atoms with Crippen molar-refractivity contribution in [1.82, 2.24) is 0 Å². The number of hydrogen-bond donors (Lipinski definition) is 0. The Morgan fingerprint density at radius 3 is 0.928 bits per heavy atom. The van der Waals surface area contributed by atoms with Gasteiger partial charge in [-0.1, -0.05) is 247 Å². The summed E-state index contributed by atoms with van der Waals surface area (Å²) in [5.41, 5.74) is 0. The van der Waals surface area contributed by atoms with E-state index < -0.39 is 6.10 Å². The summed E-state index contributed by atoms with van der Waals surface area (Å²) in [4.78, 5) is 38.2. The van der Waals surface area contributed by atoms with Crippen LogP contribution in [0.1, 0.15) is 278 Å². The summed E-state index contributed by atoms with van der Waals surface area (Å²) in [6.45, 7) is 6.48. The third-order valence-corrected chi connectivity index (χ3v) is 12.4. The highest BCUT2D eigenvalue weighted by Crippen LogP contribution is 2.16. The number of hydrogen-bond acceptors (Lipinski definition) is 6. The molecule has 69 heavy (non-hydrogen) atoms. The fourth-order valence-electron chi connectivity index (χ4n) is 8.03. The van der Waals surface area contributed by atoms with Crippen molar-refractivity contribution in [2.24, 2.45) is 0 Å². The van der Waals surface area contributed by atoms with E-state index in [0.29, 0.717) is 12.8 Å². The Kier molecular flexibility index (Phi) is 54.3. The molecule has 1 atom stereocenters. The molecule has 0 amide bonds. The van der Waals surface area contributed by atoms with Crippen LogP contribution in [0.3, 0.4) is 0 Å². The molecule has 0 fully saturated rings. The first kappa shape index (κ1) is 65.6. The standard InChI is InChI=1S/C63H108O6/c1-4-7-10-13-16-19-22-25-28-30-31-33-36-39-42-45-48-51-54-57-63(66)69-60(58-67-61(64)55-52-49-46-43-40-37-34-27-24-21-18-15-12-9-6-3)59-68-62(65)56-53-50-47-44-41-38-35-32-29-26-23-20-17-14-11-8-5-2/h9,12,16,18-19,21,25,27-28,31,33-34,39,42,60H,4-8,10-11,13-15,17,20,22-24,26,29-30,32,35-38,40-41,43-59H2,1-3H3/b12-9-,19-16-,21-18-,28-25-,33-31-,34-27-,42-39-/t60-/m1/s1. The van der Waals surface area contributed by atoms with Crippen LogP contribution in [0.15, 0.2) is 85.1 Å². The van der Waals surface area contributed by atoms with Gasteiger partial charge in [0.25, 0.3) is 0 Å². The molecule has 6 nitrogen and oxygen atoms in total. The predicted molar refractivity (Wildman–Crippen MR) is 297 cm³/mol. The third kappa shape index (κ3) is 55.4. The van der Waals surface area contributed by atoms with Gasteiger partial charge in [-0.25, -0.2) is 0 Å². The summed E-state index contributed by atoms with van der Waals surface area (Å²) in [6.07, 6.45) is 74.3. The van der Waals surface area contributed by atoms with Gasteiger partial charge in [0.1, 0.15) is 13.2 Å². The van der Waals surface area contributed by atoms with Gasteiger partial charge in [0, 0.05) is 19.3 Å². The Morgan fingerprint density at radius 2 is 0.565 bits per heavy atom. The van der Waals surface area contributed by atoms with Crippen molar-refractivity contribution in [3.63, 3.8) is 0 Å². The number of ether oxygens (including phenoxy) is 3. The third-order valence-electron chi connectivity index (χ3n) is 12.4. The first-order valence-electron chi connectivity index (χ1n) is 29.1. The van der Waals surface area contributed by atoms with Crippen molar-refractivity contribution < 1.29 is 28.6 Å². The van der Waals surface area contributed by atoms with Crippen molar-refractivity contribution >= 4 is 17.9 Å². The van der Waals surface area contributed by atoms with Crippen LogP contribution in [0.2, 0.25) is 0 Å². The van der Waals surface area contributed by atoms with E-state index in [0.717, 1.165) is 122 Å². The van der Waals surface area contributed by atoms with Crippen molar-refractivity contribution in [2.75, 3.05) is 13.2 Å². The number of carbonyl (C=O) groups excluding carboxylic acids is 3. The second-order valence-electron chi connectivity index (χ2n) is 19.2. The van der Waals surface area contributed by atoms with E-state index >= 15 is 0 Å². The van der Waals surface area contributed by atoms with Crippen LogP contribution in [-0.4, -0.2) is 37.2 Å². The molecule has 0 rings (SSSR count). The second-order valence-corrected chi connectivity index (χ2v) is 19.2. The maximum absolute atomic E-state index is 12.9. The van der Waals surface area contributed by atoms with Crippen molar-refractivity contribution in [1.29, 1.82) is 0 Å². The first-order chi connectivity index (χ1) is 34.0. The zero-order valence-corrected chi connectivity index (χ0v) is 45.3. The molecule has 0 unspecified atom stereocenters. The molecule has 0 aliphatic rings. The van der Waals surface area contributed by atoms with Crippen LogP contribution < -0.4 is 0 Å². The summed E-state index contributed by atoms with van der Waals surface area (Å²) in [7, 11) is 0. The van der Waals surface area contributed by atoms with Crippen LogP contribution in [0.25, 0.3) is 0 Å². The highest BCUT2D eigenvalue weighted by Gasteiger charge is 2.19. The zero-order valence-electron chi connectivity index (χ0n) is 45.3. The number of rotatable bonds is 52. The largest absolute Gasteiger partial charge is 0.462 e. The first-order valence-corrected chi connectivity index (χ1v) is 29.1. The van der Waals surface area contributed by atoms with Gasteiger partial charge in [0.15, 0.2) is 6.10 Å². The molecular formula is C63H108O6. The number of unbranched alkanes of at least 4 members (excludes halogenated alkanes) is 27. The van der Waals surface area contributed by atoms with Crippen LogP contribution >= 0.6 is 0 Å². The summed E-state index contributed by atoms with van der Waals surface area (Å²) in [5.74, 6) is -0.934. The lowest BCUT2D eigenvalue weighted by Crippen LogP contribution is -2.30. The minimum Gasteiger partial charge on any atom is -0.462 e. The van der Waals surface area contributed by atoms with Gasteiger partial charge >= 0.3 is 17.9 Å². The van der Waals surface area contributed by atoms with Gasteiger partial charge in [-0.2, -0.15) is 0 Å². The Balaban J connectivity index is 4.46. The molecule has 0 saturated carbocycles. The normalized spacial score (nSPS) is 12.7. The number of allylic oxidation sites excluding steroid dienone is 14. The van der Waals surface area contributed by atoms with E-state index in [1.807, 2.05) is 0 Å². The van der Waals surface area contributed by atoms with E-state index in [2.05, 4.69) is 106 Å². The van der Waals surface area contributed by atoms with Gasteiger partial charge in [0.05, 0.1) is 0 Å². The fourth-order valence-corrected chi connectivity index (χ4v) is 8.03. The van der Waals surface area contributed by atoms with E-state index in [4.69, 9.17) is 14.2 Å². The van der Waals surface area contributed by atoms with E-state index in [1.165, 1.54) is 116 Å². The average molecular weight is 962 g/mol. The van der Waals surface area contributed by atoms with Crippen LogP contribution in [-0.2, 0) is 28.6 Å². The lowest BCUT2D eigenvalue weighted by molar-refractivity contribution is -0.167. The number of esters is 3. The quantitative estimate of drug-likeness (QED) is 0.0262. The zero-order chi connectivity index (χ0) is 50.0. The average Bonchev–Trinajstić information content (AvgIpc) is 3.35. The highest BCUT2D eigenvalue weighted by molar-refractivity contribution is 5.71. The second kappa shape index (κ2) is 57.2. The Labute approximate surface area is 426 Å². The molecule has 0 aromatic heterocycles. The number of carbonyl (C=O) groups is 3. The summed E-state index contributed by atoms with van der Waals surface area (Å²) < 4.78 is 16.8. The summed E-state index contributed by atoms with van der Waals surface area (Å²) >= 11 is 0. The molecule has 0 aliphatic carbocycles.